The molecule has 0 aliphatic heterocycles. The van der Waals surface area contributed by atoms with Gasteiger partial charge in [-0.25, -0.2) is 9.48 Å². The monoisotopic (exact) mass is 294 g/mol. The number of rotatable bonds is 3. The third kappa shape index (κ3) is 2.24. The van der Waals surface area contributed by atoms with E-state index in [1.54, 1.807) is 10.9 Å². The molecule has 0 saturated heterocycles. The van der Waals surface area contributed by atoms with Crippen molar-refractivity contribution in [2.75, 3.05) is 0 Å². The van der Waals surface area contributed by atoms with Gasteiger partial charge in [0.2, 0.25) is 0 Å². The lowest BCUT2D eigenvalue weighted by Crippen LogP contribution is -1.98. The van der Waals surface area contributed by atoms with Crippen LogP contribution >= 0.6 is 15.9 Å². The van der Waals surface area contributed by atoms with Gasteiger partial charge in [-0.05, 0) is 34.5 Å². The van der Waals surface area contributed by atoms with Crippen LogP contribution in [0.25, 0.3) is 5.69 Å². The molecule has 1 aromatic heterocycles. The molecule has 5 heteroatoms. The third-order valence-electron chi connectivity index (χ3n) is 2.46. The minimum absolute atomic E-state index is 0.253. The van der Waals surface area contributed by atoms with E-state index in [-0.39, 0.29) is 5.56 Å². The van der Waals surface area contributed by atoms with Gasteiger partial charge in [-0.15, -0.1) is 0 Å². The summed E-state index contributed by atoms with van der Waals surface area (Å²) in [6.45, 7) is 1.89. The van der Waals surface area contributed by atoms with Gasteiger partial charge in [0.15, 0.2) is 0 Å². The maximum atomic E-state index is 11.0. The summed E-state index contributed by atoms with van der Waals surface area (Å²) in [6, 6.07) is 7.55. The second kappa shape index (κ2) is 4.71. The van der Waals surface area contributed by atoms with Crippen LogP contribution in [0.3, 0.4) is 0 Å². The molecule has 1 N–H and O–H groups in total. The summed E-state index contributed by atoms with van der Waals surface area (Å²) in [4.78, 5) is 11.0. The van der Waals surface area contributed by atoms with Gasteiger partial charge in [0.25, 0.3) is 0 Å². The Morgan fingerprint density at radius 1 is 1.47 bits per heavy atom. The number of halogens is 1. The molecule has 2 rings (SSSR count). The van der Waals surface area contributed by atoms with Crippen molar-refractivity contribution >= 4 is 21.9 Å². The lowest BCUT2D eigenvalue weighted by atomic mass is 10.2. The van der Waals surface area contributed by atoms with Crippen molar-refractivity contribution in [3.8, 4) is 5.69 Å². The lowest BCUT2D eigenvalue weighted by molar-refractivity contribution is 0.0696. The molecule has 88 valence electrons. The molecule has 0 saturated carbocycles. The largest absolute Gasteiger partial charge is 0.478 e. The molecular formula is C12H11BrN2O2. The fourth-order valence-corrected chi connectivity index (χ4v) is 2.08. The Kier molecular flexibility index (Phi) is 3.28. The molecule has 4 nitrogen and oxygen atoms in total. The quantitative estimate of drug-likeness (QED) is 0.947. The van der Waals surface area contributed by atoms with E-state index in [9.17, 15) is 4.79 Å². The number of aryl methyl sites for hydroxylation is 1. The summed E-state index contributed by atoms with van der Waals surface area (Å²) < 4.78 is 2.47. The molecule has 1 heterocycles. The van der Waals surface area contributed by atoms with Crippen LogP contribution in [0.5, 0.6) is 0 Å². The van der Waals surface area contributed by atoms with Crippen molar-refractivity contribution in [1.29, 1.82) is 0 Å². The highest BCUT2D eigenvalue weighted by Gasteiger charge is 2.15. The Morgan fingerprint density at radius 2 is 2.18 bits per heavy atom. The number of carbonyl (C=O) groups is 1. The van der Waals surface area contributed by atoms with Crippen LogP contribution in [0.15, 0.2) is 34.9 Å². The van der Waals surface area contributed by atoms with Crippen LogP contribution in [0.1, 0.15) is 23.0 Å². The average Bonchev–Trinajstić information content (AvgIpc) is 2.73. The van der Waals surface area contributed by atoms with Gasteiger partial charge < -0.3 is 5.11 Å². The van der Waals surface area contributed by atoms with Gasteiger partial charge in [0, 0.05) is 10.7 Å². The predicted octanol–water partition coefficient (Wildman–Crippen LogP) is 2.90. The van der Waals surface area contributed by atoms with Crippen molar-refractivity contribution in [2.45, 2.75) is 13.3 Å². The zero-order valence-electron chi connectivity index (χ0n) is 9.22. The van der Waals surface area contributed by atoms with Crippen molar-refractivity contribution < 1.29 is 9.90 Å². The highest BCUT2D eigenvalue weighted by molar-refractivity contribution is 9.10. The van der Waals surface area contributed by atoms with Crippen LogP contribution in [0.4, 0.5) is 0 Å². The standard InChI is InChI=1S/C12H11BrN2O2/c1-2-10-8(12(16)17)7-15(14-10)11-6-4-3-5-9(11)13/h3-7H,2H2,1H3,(H,16,17). The summed E-state index contributed by atoms with van der Waals surface area (Å²) in [5, 5.41) is 13.3. The van der Waals surface area contributed by atoms with Crippen LogP contribution in [-0.4, -0.2) is 20.9 Å². The molecule has 0 atom stereocenters. The lowest BCUT2D eigenvalue weighted by Gasteiger charge is -2.02. The Balaban J connectivity index is 2.54. The first kappa shape index (κ1) is 11.9. The molecule has 0 bridgehead atoms. The van der Waals surface area contributed by atoms with Gasteiger partial charge in [-0.1, -0.05) is 19.1 Å². The Hall–Kier alpha value is -1.62. The molecule has 2 aromatic rings. The molecule has 0 radical (unpaired) electrons. The molecule has 0 spiro atoms. The van der Waals surface area contributed by atoms with Crippen molar-refractivity contribution in [1.82, 2.24) is 9.78 Å². The molecule has 1 aromatic carbocycles. The van der Waals surface area contributed by atoms with E-state index in [4.69, 9.17) is 5.11 Å². The Bertz CT molecular complexity index is 563. The minimum atomic E-state index is -0.944. The van der Waals surface area contributed by atoms with Crippen LogP contribution < -0.4 is 0 Å². The van der Waals surface area contributed by atoms with Gasteiger partial charge in [0.05, 0.1) is 11.4 Å². The summed E-state index contributed by atoms with van der Waals surface area (Å²) in [6.07, 6.45) is 2.14. The number of aromatic nitrogens is 2. The second-order valence-corrected chi connectivity index (χ2v) is 4.40. The fourth-order valence-electron chi connectivity index (χ4n) is 1.61. The predicted molar refractivity (Wildman–Crippen MR) is 67.6 cm³/mol. The van der Waals surface area contributed by atoms with E-state index in [0.717, 1.165) is 10.2 Å². The molecule has 0 amide bonds. The van der Waals surface area contributed by atoms with Crippen molar-refractivity contribution in [2.24, 2.45) is 0 Å². The van der Waals surface area contributed by atoms with Crippen molar-refractivity contribution in [3.05, 3.63) is 46.2 Å². The molecule has 17 heavy (non-hydrogen) atoms. The highest BCUT2D eigenvalue weighted by Crippen LogP contribution is 2.21. The number of aromatic carboxylic acids is 1. The number of benzene rings is 1. The highest BCUT2D eigenvalue weighted by atomic mass is 79.9. The first-order chi connectivity index (χ1) is 8.13. The van der Waals surface area contributed by atoms with Crippen molar-refractivity contribution in [3.63, 3.8) is 0 Å². The van der Waals surface area contributed by atoms with Gasteiger partial charge >= 0.3 is 5.97 Å². The van der Waals surface area contributed by atoms with E-state index in [0.29, 0.717) is 12.1 Å². The molecule has 0 fully saturated rings. The minimum Gasteiger partial charge on any atom is -0.478 e. The Morgan fingerprint density at radius 3 is 2.71 bits per heavy atom. The van der Waals surface area contributed by atoms with Crippen LogP contribution in [-0.2, 0) is 6.42 Å². The zero-order valence-corrected chi connectivity index (χ0v) is 10.8. The summed E-state index contributed by atoms with van der Waals surface area (Å²) in [5.41, 5.74) is 1.67. The van der Waals surface area contributed by atoms with Crippen LogP contribution in [0.2, 0.25) is 0 Å². The smallest absolute Gasteiger partial charge is 0.339 e. The van der Waals surface area contributed by atoms with E-state index < -0.39 is 5.97 Å². The molecule has 0 aliphatic carbocycles. The summed E-state index contributed by atoms with van der Waals surface area (Å²) in [5.74, 6) is -0.944. The van der Waals surface area contributed by atoms with E-state index in [1.807, 2.05) is 31.2 Å². The molecular weight excluding hydrogens is 284 g/mol. The number of nitrogens with zero attached hydrogens (tertiary/aromatic N) is 2. The van der Waals surface area contributed by atoms with Gasteiger partial charge in [-0.2, -0.15) is 5.10 Å². The number of carboxylic acid groups (broad SMARTS) is 1. The fraction of sp³-hybridized carbons (Fsp3) is 0.167. The van der Waals surface area contributed by atoms with Gasteiger partial charge in [0.1, 0.15) is 5.56 Å². The molecule has 0 unspecified atom stereocenters. The summed E-state index contributed by atoms with van der Waals surface area (Å²) >= 11 is 3.42. The number of carboxylic acids is 1. The van der Waals surface area contributed by atoms with E-state index >= 15 is 0 Å². The normalized spacial score (nSPS) is 10.5. The first-order valence-corrected chi connectivity index (χ1v) is 5.99. The maximum Gasteiger partial charge on any atom is 0.339 e. The topological polar surface area (TPSA) is 55.1 Å². The second-order valence-electron chi connectivity index (χ2n) is 3.54. The SMILES string of the molecule is CCc1nn(-c2ccccc2Br)cc1C(=O)O. The number of hydrogen-bond acceptors (Lipinski definition) is 2. The number of hydrogen-bond donors (Lipinski definition) is 1. The summed E-state index contributed by atoms with van der Waals surface area (Å²) in [7, 11) is 0. The van der Waals surface area contributed by atoms with E-state index in [1.165, 1.54) is 0 Å². The zero-order chi connectivity index (χ0) is 12.4. The first-order valence-electron chi connectivity index (χ1n) is 5.20. The van der Waals surface area contributed by atoms with Crippen LogP contribution in [0, 0.1) is 0 Å². The maximum absolute atomic E-state index is 11.0. The number of para-hydroxylation sites is 1. The van der Waals surface area contributed by atoms with E-state index in [2.05, 4.69) is 21.0 Å². The Labute approximate surface area is 107 Å². The van der Waals surface area contributed by atoms with Gasteiger partial charge in [-0.3, -0.25) is 0 Å². The third-order valence-corrected chi connectivity index (χ3v) is 3.13. The average molecular weight is 295 g/mol. The molecule has 0 aliphatic rings.